The smallest absolute Gasteiger partial charge is 0.229 e. The molecule has 0 saturated heterocycles. The second kappa shape index (κ2) is 6.15. The maximum absolute atomic E-state index is 5.43. The Kier molecular flexibility index (Phi) is 4.30. The molecule has 1 heterocycles. The number of nitrogens with two attached hydrogens (primary N) is 1. The Morgan fingerprint density at radius 2 is 1.89 bits per heavy atom. The normalized spacial score (nSPS) is 10.3. The molecule has 0 unspecified atom stereocenters. The number of benzene rings is 1. The molecule has 0 bridgehead atoms. The number of anilines is 3. The van der Waals surface area contributed by atoms with Gasteiger partial charge in [-0.3, -0.25) is 0 Å². The quantitative estimate of drug-likeness (QED) is 0.567. The van der Waals surface area contributed by atoms with Crippen LogP contribution in [0.15, 0.2) is 30.3 Å². The lowest BCUT2D eigenvalue weighted by molar-refractivity contribution is 0.875. The Hall–Kier alpha value is -2.14. The van der Waals surface area contributed by atoms with Crippen molar-refractivity contribution in [2.45, 2.75) is 26.7 Å². The second-order valence-corrected chi connectivity index (χ2v) is 4.45. The summed E-state index contributed by atoms with van der Waals surface area (Å²) in [6.07, 6.45) is 1.94. The maximum atomic E-state index is 5.43. The summed E-state index contributed by atoms with van der Waals surface area (Å²) >= 11 is 0. The lowest BCUT2D eigenvalue weighted by Crippen LogP contribution is -2.11. The molecule has 0 aliphatic carbocycles. The lowest BCUT2D eigenvalue weighted by Gasteiger charge is -2.09. The van der Waals surface area contributed by atoms with Crippen LogP contribution in [-0.4, -0.2) is 9.97 Å². The molecule has 100 valence electrons. The van der Waals surface area contributed by atoms with Crippen molar-refractivity contribution < 1.29 is 0 Å². The van der Waals surface area contributed by atoms with E-state index in [0.717, 1.165) is 24.2 Å². The van der Waals surface area contributed by atoms with Gasteiger partial charge in [-0.05, 0) is 25.5 Å². The molecule has 0 saturated carbocycles. The van der Waals surface area contributed by atoms with Crippen molar-refractivity contribution in [1.29, 1.82) is 0 Å². The van der Waals surface area contributed by atoms with Gasteiger partial charge in [0.1, 0.15) is 5.82 Å². The van der Waals surface area contributed by atoms with Crippen LogP contribution < -0.4 is 16.6 Å². The van der Waals surface area contributed by atoms with E-state index in [0.29, 0.717) is 11.8 Å². The first-order valence-corrected chi connectivity index (χ1v) is 6.39. The molecule has 0 spiro atoms. The summed E-state index contributed by atoms with van der Waals surface area (Å²) in [5, 5.41) is 3.19. The van der Waals surface area contributed by atoms with Gasteiger partial charge in [0.25, 0.3) is 0 Å². The zero-order valence-electron chi connectivity index (χ0n) is 11.3. The van der Waals surface area contributed by atoms with Gasteiger partial charge in [-0.1, -0.05) is 31.0 Å². The Morgan fingerprint density at radius 3 is 2.53 bits per heavy atom. The van der Waals surface area contributed by atoms with E-state index in [-0.39, 0.29) is 0 Å². The summed E-state index contributed by atoms with van der Waals surface area (Å²) in [4.78, 5) is 8.76. The van der Waals surface area contributed by atoms with Crippen molar-refractivity contribution in [3.05, 3.63) is 41.6 Å². The first kappa shape index (κ1) is 13.3. The summed E-state index contributed by atoms with van der Waals surface area (Å²) in [6, 6.07) is 9.95. The van der Waals surface area contributed by atoms with Crippen LogP contribution in [-0.2, 0) is 6.42 Å². The Balaban J connectivity index is 2.23. The molecule has 2 aromatic rings. The van der Waals surface area contributed by atoms with Crippen molar-refractivity contribution in [2.75, 3.05) is 10.7 Å². The van der Waals surface area contributed by atoms with E-state index < -0.39 is 0 Å². The molecule has 5 nitrogen and oxygen atoms in total. The van der Waals surface area contributed by atoms with Crippen LogP contribution in [0.5, 0.6) is 0 Å². The molecule has 0 aliphatic rings. The third-order valence-corrected chi connectivity index (χ3v) is 2.74. The number of nitrogen functional groups attached to an aromatic ring is 1. The monoisotopic (exact) mass is 257 g/mol. The Bertz CT molecular complexity index is 536. The zero-order valence-corrected chi connectivity index (χ0v) is 11.3. The summed E-state index contributed by atoms with van der Waals surface area (Å²) < 4.78 is 0. The summed E-state index contributed by atoms with van der Waals surface area (Å²) in [5.74, 6) is 6.61. The first-order chi connectivity index (χ1) is 9.21. The zero-order chi connectivity index (χ0) is 13.7. The highest BCUT2D eigenvalue weighted by molar-refractivity contribution is 5.55. The average molecular weight is 257 g/mol. The SMILES string of the molecule is CCCc1cc(NN)nc(Nc2ccc(C)cc2)n1. The van der Waals surface area contributed by atoms with E-state index >= 15 is 0 Å². The number of hydrazine groups is 1. The summed E-state index contributed by atoms with van der Waals surface area (Å²) in [5.41, 5.74) is 5.72. The number of aryl methyl sites for hydroxylation is 2. The Labute approximate surface area is 113 Å². The molecule has 0 fully saturated rings. The van der Waals surface area contributed by atoms with E-state index in [1.165, 1.54) is 5.56 Å². The third kappa shape index (κ3) is 3.66. The fourth-order valence-corrected chi connectivity index (χ4v) is 1.78. The van der Waals surface area contributed by atoms with Crippen LogP contribution >= 0.6 is 0 Å². The van der Waals surface area contributed by atoms with Crippen LogP contribution in [0.3, 0.4) is 0 Å². The van der Waals surface area contributed by atoms with E-state index in [1.54, 1.807) is 0 Å². The van der Waals surface area contributed by atoms with Gasteiger partial charge in [-0.25, -0.2) is 10.8 Å². The van der Waals surface area contributed by atoms with Gasteiger partial charge >= 0.3 is 0 Å². The molecule has 4 N–H and O–H groups in total. The lowest BCUT2D eigenvalue weighted by atomic mass is 10.2. The number of hydrogen-bond donors (Lipinski definition) is 3. The molecule has 0 amide bonds. The third-order valence-electron chi connectivity index (χ3n) is 2.74. The molecular formula is C14H19N5. The van der Waals surface area contributed by atoms with Gasteiger partial charge in [0.2, 0.25) is 5.95 Å². The molecule has 0 radical (unpaired) electrons. The van der Waals surface area contributed by atoms with Gasteiger partial charge in [-0.2, -0.15) is 4.98 Å². The average Bonchev–Trinajstić information content (AvgIpc) is 2.41. The Morgan fingerprint density at radius 1 is 1.16 bits per heavy atom. The van der Waals surface area contributed by atoms with Gasteiger partial charge in [0, 0.05) is 17.4 Å². The van der Waals surface area contributed by atoms with Gasteiger partial charge in [0.15, 0.2) is 0 Å². The molecule has 0 aliphatic heterocycles. The van der Waals surface area contributed by atoms with Gasteiger partial charge < -0.3 is 10.7 Å². The molecule has 5 heteroatoms. The number of nitrogens with zero attached hydrogens (tertiary/aromatic N) is 2. The highest BCUT2D eigenvalue weighted by Gasteiger charge is 2.04. The van der Waals surface area contributed by atoms with Crippen LogP contribution in [0.2, 0.25) is 0 Å². The molecular weight excluding hydrogens is 238 g/mol. The number of hydrogen-bond acceptors (Lipinski definition) is 5. The number of aromatic nitrogens is 2. The fourth-order valence-electron chi connectivity index (χ4n) is 1.78. The maximum Gasteiger partial charge on any atom is 0.229 e. The standard InChI is InChI=1S/C14H19N5/c1-3-4-12-9-13(19-15)18-14(17-12)16-11-7-5-10(2)6-8-11/h5-9H,3-4,15H2,1-2H3,(H2,16,17,18,19). The first-order valence-electron chi connectivity index (χ1n) is 6.39. The van der Waals surface area contributed by atoms with E-state index in [1.807, 2.05) is 30.3 Å². The molecule has 1 aromatic carbocycles. The molecule has 19 heavy (non-hydrogen) atoms. The number of nitrogens with one attached hydrogen (secondary N) is 2. The second-order valence-electron chi connectivity index (χ2n) is 4.45. The molecule has 0 atom stereocenters. The van der Waals surface area contributed by atoms with E-state index in [4.69, 9.17) is 5.84 Å². The van der Waals surface area contributed by atoms with Crippen molar-refractivity contribution in [1.82, 2.24) is 9.97 Å². The summed E-state index contributed by atoms with van der Waals surface area (Å²) in [7, 11) is 0. The largest absolute Gasteiger partial charge is 0.324 e. The fraction of sp³-hybridized carbons (Fsp3) is 0.286. The minimum atomic E-state index is 0.558. The topological polar surface area (TPSA) is 75.9 Å². The minimum absolute atomic E-state index is 0.558. The van der Waals surface area contributed by atoms with Crippen molar-refractivity contribution in [3.8, 4) is 0 Å². The molecule has 2 rings (SSSR count). The molecule has 1 aromatic heterocycles. The van der Waals surface area contributed by atoms with Gasteiger partial charge in [-0.15, -0.1) is 0 Å². The van der Waals surface area contributed by atoms with Crippen molar-refractivity contribution in [3.63, 3.8) is 0 Å². The van der Waals surface area contributed by atoms with Crippen molar-refractivity contribution >= 4 is 17.5 Å². The van der Waals surface area contributed by atoms with Crippen LogP contribution in [0.25, 0.3) is 0 Å². The highest BCUT2D eigenvalue weighted by Crippen LogP contribution is 2.16. The van der Waals surface area contributed by atoms with E-state index in [2.05, 4.69) is 34.6 Å². The predicted octanol–water partition coefficient (Wildman–Crippen LogP) is 2.77. The van der Waals surface area contributed by atoms with Crippen LogP contribution in [0.1, 0.15) is 24.6 Å². The summed E-state index contributed by atoms with van der Waals surface area (Å²) in [6.45, 7) is 4.17. The van der Waals surface area contributed by atoms with E-state index in [9.17, 15) is 0 Å². The van der Waals surface area contributed by atoms with Crippen LogP contribution in [0.4, 0.5) is 17.5 Å². The highest BCUT2D eigenvalue weighted by atomic mass is 15.3. The van der Waals surface area contributed by atoms with Crippen LogP contribution in [0, 0.1) is 6.92 Å². The van der Waals surface area contributed by atoms with Gasteiger partial charge in [0.05, 0.1) is 0 Å². The van der Waals surface area contributed by atoms with Crippen molar-refractivity contribution in [2.24, 2.45) is 5.84 Å². The minimum Gasteiger partial charge on any atom is -0.324 e. The predicted molar refractivity (Wildman–Crippen MR) is 78.3 cm³/mol. The number of rotatable bonds is 5.